The largest absolute Gasteiger partial charge is 0.450 e. The van der Waals surface area contributed by atoms with Crippen LogP contribution in [-0.4, -0.2) is 60.5 Å². The smallest absolute Gasteiger partial charge is 0.409 e. The molecule has 1 N–H and O–H groups in total. The van der Waals surface area contributed by atoms with Crippen LogP contribution in [0.25, 0.3) is 0 Å². The second-order valence-electron chi connectivity index (χ2n) is 5.44. The van der Waals surface area contributed by atoms with Gasteiger partial charge in [-0.2, -0.15) is 5.26 Å². The van der Waals surface area contributed by atoms with Gasteiger partial charge >= 0.3 is 6.09 Å². The fourth-order valence-electron chi connectivity index (χ4n) is 2.46. The van der Waals surface area contributed by atoms with E-state index in [0.717, 1.165) is 0 Å². The quantitative estimate of drug-likeness (QED) is 0.890. The molecule has 3 amide bonds. The number of amides is 3. The van der Waals surface area contributed by atoms with Crippen LogP contribution >= 0.6 is 0 Å². The summed E-state index contributed by atoms with van der Waals surface area (Å²) in [5.74, 6) is -0.518. The average Bonchev–Trinajstić information content (AvgIpc) is 2.62. The van der Waals surface area contributed by atoms with E-state index in [9.17, 15) is 14.4 Å². The normalized spacial score (nSPS) is 13.8. The van der Waals surface area contributed by atoms with Crippen molar-refractivity contribution in [2.24, 2.45) is 0 Å². The minimum Gasteiger partial charge on any atom is -0.450 e. The van der Waals surface area contributed by atoms with Gasteiger partial charge in [0.25, 0.3) is 5.91 Å². The number of piperazine rings is 1. The summed E-state index contributed by atoms with van der Waals surface area (Å²) in [6, 6.07) is 8.27. The summed E-state index contributed by atoms with van der Waals surface area (Å²) in [7, 11) is 0. The summed E-state index contributed by atoms with van der Waals surface area (Å²) >= 11 is 0. The lowest BCUT2D eigenvalue weighted by Gasteiger charge is -2.34. The van der Waals surface area contributed by atoms with Gasteiger partial charge in [-0.15, -0.1) is 0 Å². The van der Waals surface area contributed by atoms with Crippen LogP contribution in [0.15, 0.2) is 24.3 Å². The van der Waals surface area contributed by atoms with Crippen LogP contribution in [-0.2, 0) is 9.53 Å². The first-order valence-corrected chi connectivity index (χ1v) is 8.03. The summed E-state index contributed by atoms with van der Waals surface area (Å²) < 4.78 is 4.95. The molecule has 8 heteroatoms. The summed E-state index contributed by atoms with van der Waals surface area (Å²) in [5, 5.41) is 11.0. The Morgan fingerprint density at radius 1 is 1.12 bits per heavy atom. The Hall–Kier alpha value is -3.08. The average molecular weight is 344 g/mol. The van der Waals surface area contributed by atoms with Crippen molar-refractivity contribution in [1.82, 2.24) is 9.80 Å². The Balaban J connectivity index is 1.90. The first-order valence-electron chi connectivity index (χ1n) is 8.03. The molecule has 0 saturated carbocycles. The lowest BCUT2D eigenvalue weighted by Crippen LogP contribution is -2.50. The summed E-state index contributed by atoms with van der Waals surface area (Å²) in [4.78, 5) is 38.8. The van der Waals surface area contributed by atoms with Gasteiger partial charge in [0, 0.05) is 37.4 Å². The highest BCUT2D eigenvalue weighted by Gasteiger charge is 2.25. The number of hydrogen-bond donors (Lipinski definition) is 1. The van der Waals surface area contributed by atoms with Gasteiger partial charge in [-0.1, -0.05) is 0 Å². The molecule has 1 aliphatic rings. The van der Waals surface area contributed by atoms with Gasteiger partial charge in [0.1, 0.15) is 6.42 Å². The highest BCUT2D eigenvalue weighted by atomic mass is 16.6. The predicted octanol–water partition coefficient (Wildman–Crippen LogP) is 1.45. The monoisotopic (exact) mass is 344 g/mol. The molecule has 1 heterocycles. The zero-order valence-corrected chi connectivity index (χ0v) is 14.0. The van der Waals surface area contributed by atoms with Gasteiger partial charge in [0.2, 0.25) is 5.91 Å². The Bertz CT molecular complexity index is 673. The van der Waals surface area contributed by atoms with Crippen molar-refractivity contribution in [3.63, 3.8) is 0 Å². The maximum absolute atomic E-state index is 12.5. The molecule has 0 unspecified atom stereocenters. The van der Waals surface area contributed by atoms with Crippen LogP contribution in [0.2, 0.25) is 0 Å². The molecule has 0 aliphatic carbocycles. The summed E-state index contributed by atoms with van der Waals surface area (Å²) in [5.41, 5.74) is 1.03. The summed E-state index contributed by atoms with van der Waals surface area (Å²) in [6.07, 6.45) is -0.571. The van der Waals surface area contributed by atoms with Crippen molar-refractivity contribution in [1.29, 1.82) is 5.26 Å². The van der Waals surface area contributed by atoms with Crippen molar-refractivity contribution in [2.75, 3.05) is 38.1 Å². The molecular formula is C17H20N4O4. The lowest BCUT2D eigenvalue weighted by molar-refractivity contribution is -0.115. The van der Waals surface area contributed by atoms with Crippen molar-refractivity contribution in [2.45, 2.75) is 13.3 Å². The topological polar surface area (TPSA) is 103 Å². The van der Waals surface area contributed by atoms with Crippen LogP contribution in [0.5, 0.6) is 0 Å². The van der Waals surface area contributed by atoms with Gasteiger partial charge < -0.3 is 19.9 Å². The molecule has 0 atom stereocenters. The molecule has 1 aromatic rings. The fraction of sp³-hybridized carbons (Fsp3) is 0.412. The molecule has 0 spiro atoms. The van der Waals surface area contributed by atoms with Crippen LogP contribution in [0, 0.1) is 11.3 Å². The number of benzene rings is 1. The van der Waals surface area contributed by atoms with E-state index in [-0.39, 0.29) is 18.4 Å². The standard InChI is InChI=1S/C17H20N4O4/c1-2-25-17(24)21-11-9-20(10-12-21)16(23)13-3-5-14(6-4-13)19-15(22)7-8-18/h3-6H,2,7,9-12H2,1H3,(H,19,22). The third kappa shape index (κ3) is 4.94. The van der Waals surface area contributed by atoms with Gasteiger partial charge in [-0.25, -0.2) is 4.79 Å². The van der Waals surface area contributed by atoms with Crippen LogP contribution in [0.4, 0.5) is 10.5 Å². The van der Waals surface area contributed by atoms with Crippen LogP contribution < -0.4 is 5.32 Å². The fourth-order valence-corrected chi connectivity index (χ4v) is 2.46. The first kappa shape index (κ1) is 18.3. The van der Waals surface area contributed by atoms with Crippen molar-refractivity contribution in [3.8, 4) is 6.07 Å². The molecule has 1 fully saturated rings. The van der Waals surface area contributed by atoms with Gasteiger partial charge in [0.05, 0.1) is 12.7 Å². The Kier molecular flexibility index (Phi) is 6.34. The number of carbonyl (C=O) groups is 3. The van der Waals surface area contributed by atoms with Gasteiger partial charge in [0.15, 0.2) is 0 Å². The minimum absolute atomic E-state index is 0.126. The van der Waals surface area contributed by atoms with E-state index in [1.54, 1.807) is 47.1 Å². The molecule has 1 aliphatic heterocycles. The first-order chi connectivity index (χ1) is 12.0. The van der Waals surface area contributed by atoms with E-state index in [2.05, 4.69) is 5.32 Å². The predicted molar refractivity (Wildman–Crippen MR) is 89.8 cm³/mol. The van der Waals surface area contributed by atoms with Crippen LogP contribution in [0.3, 0.4) is 0 Å². The third-order valence-corrected chi connectivity index (χ3v) is 3.75. The van der Waals surface area contributed by atoms with Crippen molar-refractivity contribution >= 4 is 23.6 Å². The SMILES string of the molecule is CCOC(=O)N1CCN(C(=O)c2ccc(NC(=O)CC#N)cc2)CC1. The lowest BCUT2D eigenvalue weighted by atomic mass is 10.1. The van der Waals surface area contributed by atoms with E-state index in [0.29, 0.717) is 44.0 Å². The van der Waals surface area contributed by atoms with Crippen LogP contribution in [0.1, 0.15) is 23.7 Å². The van der Waals surface area contributed by atoms with E-state index < -0.39 is 5.91 Å². The molecule has 1 saturated heterocycles. The number of nitriles is 1. The van der Waals surface area contributed by atoms with Crippen molar-refractivity contribution in [3.05, 3.63) is 29.8 Å². The molecule has 8 nitrogen and oxygen atoms in total. The third-order valence-electron chi connectivity index (χ3n) is 3.75. The van der Waals surface area contributed by atoms with Gasteiger partial charge in [-0.05, 0) is 31.2 Å². The number of hydrogen-bond acceptors (Lipinski definition) is 5. The maximum Gasteiger partial charge on any atom is 0.409 e. The number of anilines is 1. The molecule has 0 bridgehead atoms. The Morgan fingerprint density at radius 3 is 2.28 bits per heavy atom. The zero-order chi connectivity index (χ0) is 18.2. The van der Waals surface area contributed by atoms with Crippen molar-refractivity contribution < 1.29 is 19.1 Å². The maximum atomic E-state index is 12.5. The number of carbonyl (C=O) groups excluding carboxylic acids is 3. The molecule has 0 radical (unpaired) electrons. The van der Waals surface area contributed by atoms with E-state index in [1.165, 1.54) is 0 Å². The Morgan fingerprint density at radius 2 is 1.72 bits per heavy atom. The second kappa shape index (κ2) is 8.68. The molecule has 1 aromatic carbocycles. The highest BCUT2D eigenvalue weighted by Crippen LogP contribution is 2.14. The highest BCUT2D eigenvalue weighted by molar-refractivity contribution is 5.96. The van der Waals surface area contributed by atoms with E-state index in [4.69, 9.17) is 10.00 Å². The minimum atomic E-state index is -0.392. The molecular weight excluding hydrogens is 324 g/mol. The van der Waals surface area contributed by atoms with Gasteiger partial charge in [-0.3, -0.25) is 9.59 Å². The number of nitrogens with one attached hydrogen (secondary N) is 1. The summed E-state index contributed by atoms with van der Waals surface area (Å²) in [6.45, 7) is 3.84. The second-order valence-corrected chi connectivity index (χ2v) is 5.44. The number of ether oxygens (including phenoxy) is 1. The zero-order valence-electron chi connectivity index (χ0n) is 14.0. The molecule has 25 heavy (non-hydrogen) atoms. The number of nitrogens with zero attached hydrogens (tertiary/aromatic N) is 3. The molecule has 2 rings (SSSR count). The van der Waals surface area contributed by atoms with E-state index >= 15 is 0 Å². The number of rotatable bonds is 4. The molecule has 132 valence electrons. The Labute approximate surface area is 146 Å². The molecule has 0 aromatic heterocycles. The van der Waals surface area contributed by atoms with E-state index in [1.807, 2.05) is 0 Å².